The Morgan fingerprint density at radius 2 is 1.69 bits per heavy atom. The third kappa shape index (κ3) is 6.10. The zero-order valence-corrected chi connectivity index (χ0v) is 21.8. The number of fused-ring (bicyclic) bond motifs is 1. The van der Waals surface area contributed by atoms with Gasteiger partial charge in [0.25, 0.3) is 15.9 Å². The van der Waals surface area contributed by atoms with Gasteiger partial charge in [-0.1, -0.05) is 37.0 Å². The first-order chi connectivity index (χ1) is 16.8. The smallest absolute Gasteiger partial charge is 0.328 e. The molecule has 0 fully saturated rings. The molecule has 1 atom stereocenters. The molecule has 0 spiro atoms. The Bertz CT molecular complexity index is 1440. The van der Waals surface area contributed by atoms with E-state index in [1.54, 1.807) is 43.7 Å². The molecule has 0 aliphatic rings. The molecule has 0 saturated carbocycles. The molecule has 192 valence electrons. The summed E-state index contributed by atoms with van der Waals surface area (Å²) in [4.78, 5) is 35.7. The number of benzene rings is 2. The van der Waals surface area contributed by atoms with Gasteiger partial charge in [-0.2, -0.15) is 0 Å². The Kier molecular flexibility index (Phi) is 8.17. The van der Waals surface area contributed by atoms with E-state index < -0.39 is 34.0 Å². The minimum Gasteiger partial charge on any atom is -0.481 e. The molecule has 4 N–H and O–H groups in total. The summed E-state index contributed by atoms with van der Waals surface area (Å²) in [6, 6.07) is 8.38. The summed E-state index contributed by atoms with van der Waals surface area (Å²) in [6.45, 7) is 3.41. The molecule has 3 rings (SSSR count). The van der Waals surface area contributed by atoms with Crippen molar-refractivity contribution in [1.29, 1.82) is 0 Å². The maximum atomic E-state index is 12.8. The number of sulfonamides is 1. The molecule has 13 heteroatoms. The Balaban J connectivity index is 1.71. The lowest BCUT2D eigenvalue weighted by atomic mass is 10.0. The van der Waals surface area contributed by atoms with Crippen LogP contribution < -0.4 is 15.4 Å². The van der Waals surface area contributed by atoms with Crippen LogP contribution in [0.3, 0.4) is 0 Å². The van der Waals surface area contributed by atoms with Crippen molar-refractivity contribution in [3.05, 3.63) is 58.2 Å². The van der Waals surface area contributed by atoms with E-state index in [0.717, 1.165) is 0 Å². The largest absolute Gasteiger partial charge is 0.481 e. The molecule has 10 nitrogen and oxygen atoms in total. The molecule has 0 aliphatic carbocycles. The summed E-state index contributed by atoms with van der Waals surface area (Å²) < 4.78 is 28.7. The lowest BCUT2D eigenvalue weighted by Gasteiger charge is -2.20. The van der Waals surface area contributed by atoms with E-state index in [2.05, 4.69) is 10.6 Å². The fourth-order valence-corrected chi connectivity index (χ4v) is 4.79. The van der Waals surface area contributed by atoms with Gasteiger partial charge >= 0.3 is 12.0 Å². The molecule has 0 bridgehead atoms. The molecule has 36 heavy (non-hydrogen) atoms. The number of halogens is 2. The van der Waals surface area contributed by atoms with Gasteiger partial charge in [-0.25, -0.2) is 17.9 Å². The highest BCUT2D eigenvalue weighted by molar-refractivity contribution is 7.90. The first-order valence-corrected chi connectivity index (χ1v) is 12.9. The van der Waals surface area contributed by atoms with E-state index in [-0.39, 0.29) is 17.2 Å². The summed E-state index contributed by atoms with van der Waals surface area (Å²) in [6.07, 6.45) is -0.352. The molecule has 3 amide bonds. The predicted molar refractivity (Wildman–Crippen MR) is 137 cm³/mol. The van der Waals surface area contributed by atoms with Gasteiger partial charge in [0.1, 0.15) is 5.69 Å². The van der Waals surface area contributed by atoms with Crippen molar-refractivity contribution in [2.24, 2.45) is 13.0 Å². The average molecular weight is 555 g/mol. The summed E-state index contributed by atoms with van der Waals surface area (Å²) in [7, 11) is -2.54. The number of carboxylic acid groups (broad SMARTS) is 1. The molecule has 1 heterocycles. The van der Waals surface area contributed by atoms with Crippen LogP contribution in [0.2, 0.25) is 10.0 Å². The van der Waals surface area contributed by atoms with E-state index >= 15 is 0 Å². The molecule has 0 aliphatic heterocycles. The van der Waals surface area contributed by atoms with Crippen molar-refractivity contribution < 1.29 is 27.9 Å². The van der Waals surface area contributed by atoms with Gasteiger partial charge in [0, 0.05) is 29.7 Å². The van der Waals surface area contributed by atoms with Gasteiger partial charge in [-0.05, 0) is 48.4 Å². The quantitative estimate of drug-likeness (QED) is 0.327. The number of rotatable bonds is 8. The topological polar surface area (TPSA) is 147 Å². The van der Waals surface area contributed by atoms with Crippen molar-refractivity contribution in [3.8, 4) is 0 Å². The second-order valence-corrected chi connectivity index (χ2v) is 10.9. The van der Waals surface area contributed by atoms with Crippen LogP contribution in [-0.4, -0.2) is 42.0 Å². The molecule has 3 aromatic rings. The fourth-order valence-electron chi connectivity index (χ4n) is 3.50. The summed E-state index contributed by atoms with van der Waals surface area (Å²) >= 11 is 12.3. The maximum Gasteiger partial charge on any atom is 0.328 e. The Morgan fingerprint density at radius 1 is 1.06 bits per heavy atom. The fraction of sp³-hybridized carbons (Fsp3) is 0.261. The number of aryl methyl sites for hydroxylation is 1. The first-order valence-electron chi connectivity index (χ1n) is 10.7. The van der Waals surface area contributed by atoms with Crippen LogP contribution in [0.25, 0.3) is 10.9 Å². The van der Waals surface area contributed by atoms with Gasteiger partial charge in [0.05, 0.1) is 21.4 Å². The molecule has 0 saturated heterocycles. The number of urea groups is 1. The number of nitrogens with zero attached hydrogens (tertiary/aromatic N) is 1. The number of aliphatic carboxylic acids is 1. The number of nitrogens with one attached hydrogen (secondary N) is 3. The first kappa shape index (κ1) is 27.3. The second kappa shape index (κ2) is 10.8. The highest BCUT2D eigenvalue weighted by Gasteiger charge is 2.23. The Hall–Kier alpha value is -3.28. The molecule has 0 radical (unpaired) electrons. The SMILES string of the molecule is CC(C)C(CC(=O)O)NC(=O)NS(=O)(=O)c1ccc(NC(=O)c2cc3c(Cl)c(Cl)ccc3n2C)cc1. The van der Waals surface area contributed by atoms with Crippen LogP contribution in [-0.2, 0) is 21.9 Å². The number of carbonyl (C=O) groups is 3. The molecular weight excluding hydrogens is 531 g/mol. The van der Waals surface area contributed by atoms with Crippen molar-refractivity contribution in [1.82, 2.24) is 14.6 Å². The third-order valence-corrected chi connectivity index (χ3v) is 7.68. The number of carbonyl (C=O) groups excluding carboxylic acids is 2. The number of hydrogen-bond acceptors (Lipinski definition) is 5. The normalized spacial score (nSPS) is 12.4. The minimum absolute atomic E-state index is 0.221. The zero-order valence-electron chi connectivity index (χ0n) is 19.5. The van der Waals surface area contributed by atoms with E-state index in [1.165, 1.54) is 24.3 Å². The van der Waals surface area contributed by atoms with Crippen LogP contribution >= 0.6 is 23.2 Å². The predicted octanol–water partition coefficient (Wildman–Crippen LogP) is 4.22. The standard InChI is InChI=1S/C23H24Cl2N4O6S/c1-12(2)17(11-20(30)31)27-23(33)28-36(34,35)14-6-4-13(5-7-14)26-22(32)19-10-15-18(29(19)3)9-8-16(24)21(15)25/h4-10,12,17H,11H2,1-3H3,(H,26,32)(H,30,31)(H2,27,28,33). The summed E-state index contributed by atoms with van der Waals surface area (Å²) in [5, 5.41) is 15.3. The van der Waals surface area contributed by atoms with E-state index in [0.29, 0.717) is 32.3 Å². The van der Waals surface area contributed by atoms with E-state index in [9.17, 15) is 22.8 Å². The second-order valence-electron chi connectivity index (χ2n) is 8.39. The van der Waals surface area contributed by atoms with Gasteiger partial charge < -0.3 is 20.3 Å². The molecule has 1 unspecified atom stereocenters. The number of amides is 3. The zero-order chi connectivity index (χ0) is 26.8. The number of hydrogen-bond donors (Lipinski definition) is 4. The van der Waals surface area contributed by atoms with E-state index in [1.807, 2.05) is 4.72 Å². The number of carboxylic acids is 1. The van der Waals surface area contributed by atoms with Crippen LogP contribution in [0.1, 0.15) is 30.8 Å². The van der Waals surface area contributed by atoms with Crippen LogP contribution in [0.15, 0.2) is 47.4 Å². The summed E-state index contributed by atoms with van der Waals surface area (Å²) in [5.41, 5.74) is 1.34. The molecule has 1 aromatic heterocycles. The van der Waals surface area contributed by atoms with Crippen LogP contribution in [0.5, 0.6) is 0 Å². The van der Waals surface area contributed by atoms with Gasteiger partial charge in [0.2, 0.25) is 0 Å². The third-order valence-electron chi connectivity index (χ3n) is 5.51. The highest BCUT2D eigenvalue weighted by atomic mass is 35.5. The van der Waals surface area contributed by atoms with Gasteiger partial charge in [0.15, 0.2) is 0 Å². The maximum absolute atomic E-state index is 12.8. The minimum atomic E-state index is -4.24. The van der Waals surface area contributed by atoms with Gasteiger partial charge in [-0.3, -0.25) is 9.59 Å². The Labute approximate surface area is 217 Å². The molecule has 2 aromatic carbocycles. The van der Waals surface area contributed by atoms with Crippen LogP contribution in [0, 0.1) is 5.92 Å². The monoisotopic (exact) mass is 554 g/mol. The Morgan fingerprint density at radius 3 is 2.28 bits per heavy atom. The van der Waals surface area contributed by atoms with E-state index in [4.69, 9.17) is 28.3 Å². The average Bonchev–Trinajstić information content (AvgIpc) is 3.12. The highest BCUT2D eigenvalue weighted by Crippen LogP contribution is 2.32. The van der Waals surface area contributed by atoms with Crippen molar-refractivity contribution in [2.75, 3.05) is 5.32 Å². The van der Waals surface area contributed by atoms with Gasteiger partial charge in [-0.15, -0.1) is 0 Å². The number of aromatic nitrogens is 1. The number of anilines is 1. The molecular formula is C23H24Cl2N4O6S. The lowest BCUT2D eigenvalue weighted by molar-refractivity contribution is -0.137. The van der Waals surface area contributed by atoms with Crippen molar-refractivity contribution in [3.63, 3.8) is 0 Å². The summed E-state index contributed by atoms with van der Waals surface area (Å²) in [5.74, 6) is -1.80. The lowest BCUT2D eigenvalue weighted by Crippen LogP contribution is -2.47. The van der Waals surface area contributed by atoms with Crippen molar-refractivity contribution in [2.45, 2.75) is 31.2 Å². The van der Waals surface area contributed by atoms with Crippen molar-refractivity contribution >= 4 is 67.7 Å². The van der Waals surface area contributed by atoms with Crippen LogP contribution in [0.4, 0.5) is 10.5 Å².